The van der Waals surface area contributed by atoms with Gasteiger partial charge in [-0.25, -0.2) is 0 Å². The summed E-state index contributed by atoms with van der Waals surface area (Å²) in [5.41, 5.74) is 0. The van der Waals surface area contributed by atoms with E-state index >= 15 is 0 Å². The number of carbonyl (C=O) groups is 1. The van der Waals surface area contributed by atoms with Crippen molar-refractivity contribution in [1.29, 1.82) is 0 Å². The molecule has 0 aliphatic carbocycles. The van der Waals surface area contributed by atoms with E-state index in [0.29, 0.717) is 6.42 Å². The van der Waals surface area contributed by atoms with Gasteiger partial charge < -0.3 is 65.1 Å². The van der Waals surface area contributed by atoms with Gasteiger partial charge in [-0.3, -0.25) is 4.79 Å². The summed E-state index contributed by atoms with van der Waals surface area (Å²) in [7, 11) is 0. The maximum Gasteiger partial charge on any atom is 0.220 e. The van der Waals surface area contributed by atoms with Gasteiger partial charge in [0, 0.05) is 6.42 Å². The zero-order valence-corrected chi connectivity index (χ0v) is 38.2. The highest BCUT2D eigenvalue weighted by atomic mass is 16.7. The third-order valence-corrected chi connectivity index (χ3v) is 10.8. The molecule has 0 radical (unpaired) electrons. The predicted octanol–water partition coefficient (Wildman–Crippen LogP) is 5.20. The van der Waals surface area contributed by atoms with Crippen LogP contribution >= 0.6 is 0 Å². The molecule has 2 saturated heterocycles. The van der Waals surface area contributed by atoms with E-state index in [4.69, 9.17) is 18.9 Å². The molecule has 14 nitrogen and oxygen atoms in total. The number of amides is 1. The van der Waals surface area contributed by atoms with Crippen LogP contribution < -0.4 is 5.32 Å². The molecule has 12 unspecified atom stereocenters. The predicted molar refractivity (Wildman–Crippen MR) is 249 cm³/mol. The highest BCUT2D eigenvalue weighted by Gasteiger charge is 2.50. The Labute approximate surface area is 382 Å². The number of nitrogens with one attached hydrogen (secondary N) is 1. The third-order valence-electron chi connectivity index (χ3n) is 10.8. The zero-order valence-electron chi connectivity index (χ0n) is 38.2. The van der Waals surface area contributed by atoms with Crippen LogP contribution in [-0.4, -0.2) is 140 Å². The van der Waals surface area contributed by atoms with Gasteiger partial charge in [-0.15, -0.1) is 0 Å². The Hall–Kier alpha value is -3.09. The van der Waals surface area contributed by atoms with E-state index in [-0.39, 0.29) is 18.9 Å². The van der Waals surface area contributed by atoms with Gasteiger partial charge in [0.25, 0.3) is 0 Å². The van der Waals surface area contributed by atoms with Crippen LogP contribution in [0.5, 0.6) is 0 Å². The van der Waals surface area contributed by atoms with Crippen molar-refractivity contribution in [2.75, 3.05) is 19.8 Å². The maximum absolute atomic E-state index is 13.0. The smallest absolute Gasteiger partial charge is 0.220 e. The highest BCUT2D eigenvalue weighted by Crippen LogP contribution is 2.29. The van der Waals surface area contributed by atoms with Crippen molar-refractivity contribution >= 4 is 5.91 Å². The molecule has 2 rings (SSSR count). The number of ether oxygens (including phenoxy) is 4. The van der Waals surface area contributed by atoms with E-state index in [9.17, 15) is 45.6 Å². The first kappa shape index (κ1) is 57.0. The van der Waals surface area contributed by atoms with E-state index < -0.39 is 86.8 Å². The van der Waals surface area contributed by atoms with E-state index in [1.54, 1.807) is 6.08 Å². The largest absolute Gasteiger partial charge is 0.394 e. The van der Waals surface area contributed by atoms with Crippen molar-refractivity contribution in [3.8, 4) is 0 Å². The van der Waals surface area contributed by atoms with Gasteiger partial charge in [0.2, 0.25) is 5.91 Å². The molecule has 0 aromatic carbocycles. The average molecular weight is 904 g/mol. The fraction of sp³-hybridized carbons (Fsp3) is 0.660. The molecule has 2 heterocycles. The molecular weight excluding hydrogens is 823 g/mol. The minimum atomic E-state index is -1.79. The summed E-state index contributed by atoms with van der Waals surface area (Å²) in [5, 5.41) is 86.0. The molecule has 14 heteroatoms. The Morgan fingerprint density at radius 1 is 0.578 bits per heavy atom. The zero-order chi connectivity index (χ0) is 46.8. The van der Waals surface area contributed by atoms with Crippen molar-refractivity contribution < 1.29 is 64.6 Å². The summed E-state index contributed by atoms with van der Waals surface area (Å²) in [4.78, 5) is 13.0. The van der Waals surface area contributed by atoms with E-state index in [1.165, 1.54) is 0 Å². The van der Waals surface area contributed by atoms with Gasteiger partial charge in [-0.1, -0.05) is 130 Å². The van der Waals surface area contributed by atoms with Gasteiger partial charge >= 0.3 is 0 Å². The summed E-state index contributed by atoms with van der Waals surface area (Å²) >= 11 is 0. The van der Waals surface area contributed by atoms with E-state index in [2.05, 4.69) is 104 Å². The number of unbranched alkanes of at least 4 members (excludes halogenated alkanes) is 6. The van der Waals surface area contributed by atoms with Crippen LogP contribution in [0.4, 0.5) is 0 Å². The number of rotatable bonds is 33. The van der Waals surface area contributed by atoms with Crippen LogP contribution in [0.3, 0.4) is 0 Å². The fourth-order valence-electron chi connectivity index (χ4n) is 6.91. The van der Waals surface area contributed by atoms with Crippen LogP contribution in [0.15, 0.2) is 97.2 Å². The molecule has 64 heavy (non-hydrogen) atoms. The third kappa shape index (κ3) is 23.4. The lowest BCUT2D eigenvalue weighted by Crippen LogP contribution is -2.65. The number of hydrogen-bond donors (Lipinski definition) is 9. The van der Waals surface area contributed by atoms with Crippen LogP contribution in [0.25, 0.3) is 0 Å². The molecule has 1 amide bonds. The molecule has 0 bridgehead atoms. The monoisotopic (exact) mass is 904 g/mol. The van der Waals surface area contributed by atoms with Gasteiger partial charge in [0.15, 0.2) is 12.6 Å². The second kappa shape index (κ2) is 36.1. The van der Waals surface area contributed by atoms with E-state index in [1.807, 2.05) is 6.08 Å². The Balaban J connectivity index is 1.75. The second-order valence-corrected chi connectivity index (χ2v) is 16.1. The molecule has 2 aliphatic rings. The molecule has 12 atom stereocenters. The molecule has 2 fully saturated rings. The maximum atomic E-state index is 13.0. The molecule has 9 N–H and O–H groups in total. The summed E-state index contributed by atoms with van der Waals surface area (Å²) < 4.78 is 22.5. The quantitative estimate of drug-likeness (QED) is 0.0305. The fourth-order valence-corrected chi connectivity index (χ4v) is 6.91. The summed E-state index contributed by atoms with van der Waals surface area (Å²) in [5.74, 6) is -0.286. The Morgan fingerprint density at radius 3 is 1.62 bits per heavy atom. The Morgan fingerprint density at radius 2 is 1.08 bits per heavy atom. The van der Waals surface area contributed by atoms with Gasteiger partial charge in [-0.2, -0.15) is 0 Å². The Bertz CT molecular complexity index is 1440. The number of allylic oxidation sites excluding steroid dienone is 15. The lowest BCUT2D eigenvalue weighted by Gasteiger charge is -2.46. The van der Waals surface area contributed by atoms with Crippen LogP contribution in [0.2, 0.25) is 0 Å². The standard InChI is InChI=1S/C50H81NO13/c1-3-5-7-9-10-11-12-13-14-15-16-17-18-19-20-21-22-23-24-25-26-27-28-30-32-34-42(55)51-38(39(54)33-31-29-8-6-4-2)37-61-49-47(60)45(58)48(41(36-53)63-49)64-50-46(59)44(57)43(56)40(35-52)62-50/h5,7,10-11,13-14,16-17,19-20,22-23,25-26,31,33,38-41,43-50,52-54,56-60H,3-4,6,8-9,12,15,18,21,24,27-30,32,34-37H2,1-2H3,(H,51,55)/b7-5-,11-10-,14-13-,17-16-,20-19-,23-22-,26-25-,33-31+. The van der Waals surface area contributed by atoms with Gasteiger partial charge in [0.05, 0.1) is 32.0 Å². The molecule has 0 spiro atoms. The number of carbonyl (C=O) groups excluding carboxylic acids is 1. The number of hydrogen-bond acceptors (Lipinski definition) is 13. The minimum absolute atomic E-state index is 0.233. The molecular formula is C50H81NO13. The van der Waals surface area contributed by atoms with Crippen molar-refractivity contribution in [3.63, 3.8) is 0 Å². The summed E-state index contributed by atoms with van der Waals surface area (Å²) in [6.07, 6.45) is 30.9. The number of aliphatic hydroxyl groups is 8. The van der Waals surface area contributed by atoms with Gasteiger partial charge in [-0.05, 0) is 77.0 Å². The molecule has 2 aliphatic heterocycles. The Kier molecular flexibility index (Phi) is 32.2. The normalized spacial score (nSPS) is 28.2. The first-order valence-corrected chi connectivity index (χ1v) is 23.5. The first-order chi connectivity index (χ1) is 31.1. The van der Waals surface area contributed by atoms with Crippen LogP contribution in [0.1, 0.15) is 117 Å². The molecule has 0 aromatic heterocycles. The number of aliphatic hydroxyl groups excluding tert-OH is 8. The molecule has 0 saturated carbocycles. The second-order valence-electron chi connectivity index (χ2n) is 16.1. The van der Waals surface area contributed by atoms with Crippen molar-refractivity contribution in [2.45, 2.75) is 190 Å². The van der Waals surface area contributed by atoms with Crippen molar-refractivity contribution in [1.82, 2.24) is 5.32 Å². The van der Waals surface area contributed by atoms with Crippen LogP contribution in [-0.2, 0) is 23.7 Å². The van der Waals surface area contributed by atoms with Crippen LogP contribution in [0, 0.1) is 0 Å². The topological polar surface area (TPSA) is 228 Å². The molecule has 364 valence electrons. The highest BCUT2D eigenvalue weighted by molar-refractivity contribution is 5.76. The van der Waals surface area contributed by atoms with Crippen molar-refractivity contribution in [3.05, 3.63) is 97.2 Å². The average Bonchev–Trinajstić information content (AvgIpc) is 3.29. The summed E-state index contributed by atoms with van der Waals surface area (Å²) in [6, 6.07) is -0.935. The summed E-state index contributed by atoms with van der Waals surface area (Å²) in [6.45, 7) is 2.48. The van der Waals surface area contributed by atoms with Crippen molar-refractivity contribution in [2.24, 2.45) is 0 Å². The van der Waals surface area contributed by atoms with Gasteiger partial charge in [0.1, 0.15) is 48.8 Å². The first-order valence-electron chi connectivity index (χ1n) is 23.5. The lowest BCUT2D eigenvalue weighted by molar-refractivity contribution is -0.359. The van der Waals surface area contributed by atoms with E-state index in [0.717, 1.165) is 89.9 Å². The molecule has 0 aromatic rings. The minimum Gasteiger partial charge on any atom is -0.394 e. The lowest BCUT2D eigenvalue weighted by atomic mass is 9.97. The SMILES string of the molecule is CC/C=C\C/C=C\C/C=C\C/C=C\C/C=C\C/C=C\C/C=C\CCCCCC(=O)NC(COC1OC(CO)C(OC2OC(CO)C(O)C(O)C2O)C(O)C1O)C(O)/C=C/CCCCC.